The highest BCUT2D eigenvalue weighted by molar-refractivity contribution is 5.99. The molecule has 0 amide bonds. The minimum atomic E-state index is 0.0138. The van der Waals surface area contributed by atoms with Crippen LogP contribution in [0.2, 0.25) is 0 Å². The summed E-state index contributed by atoms with van der Waals surface area (Å²) < 4.78 is 6.83. The maximum atomic E-state index is 6.83. The molecular weight excluding hydrogens is 583 g/mol. The van der Waals surface area contributed by atoms with Crippen LogP contribution < -0.4 is 9.64 Å². The number of ether oxygens (including phenoxy) is 1. The quantitative estimate of drug-likeness (QED) is 0.197. The topological polar surface area (TPSA) is 12.5 Å². The van der Waals surface area contributed by atoms with Gasteiger partial charge in [-0.3, -0.25) is 0 Å². The first-order chi connectivity index (χ1) is 23.2. The van der Waals surface area contributed by atoms with Gasteiger partial charge < -0.3 is 9.64 Å². The van der Waals surface area contributed by atoms with Crippen LogP contribution in [0.25, 0.3) is 10.8 Å². The Bertz CT molecular complexity index is 2070. The number of rotatable bonds is 3. The van der Waals surface area contributed by atoms with Gasteiger partial charge in [-0.1, -0.05) is 88.4 Å². The maximum absolute atomic E-state index is 6.83. The summed E-state index contributed by atoms with van der Waals surface area (Å²) in [5, 5.41) is 2.55. The number of hydrogen-bond acceptors (Lipinski definition) is 2. The van der Waals surface area contributed by atoms with Gasteiger partial charge in [0.1, 0.15) is 11.5 Å². The van der Waals surface area contributed by atoms with Gasteiger partial charge in [-0.05, 0) is 138 Å². The lowest BCUT2D eigenvalue weighted by Crippen LogP contribution is -2.57. The van der Waals surface area contributed by atoms with Crippen LogP contribution in [0, 0.1) is 23.7 Å². The fourth-order valence-corrected chi connectivity index (χ4v) is 11.6. The first-order valence-electron chi connectivity index (χ1n) is 18.6. The van der Waals surface area contributed by atoms with Crippen molar-refractivity contribution in [3.63, 3.8) is 0 Å². The zero-order valence-electron chi connectivity index (χ0n) is 28.9. The molecule has 1 heterocycles. The van der Waals surface area contributed by atoms with Crippen LogP contribution in [0.4, 0.5) is 17.1 Å². The van der Waals surface area contributed by atoms with E-state index in [1.54, 1.807) is 0 Å². The highest BCUT2D eigenvalue weighted by Gasteiger charge is 2.61. The van der Waals surface area contributed by atoms with Crippen LogP contribution >= 0.6 is 0 Å². The molecule has 0 atom stereocenters. The van der Waals surface area contributed by atoms with Crippen LogP contribution in [0.3, 0.4) is 0 Å². The van der Waals surface area contributed by atoms with Gasteiger partial charge in [0.2, 0.25) is 0 Å². The summed E-state index contributed by atoms with van der Waals surface area (Å²) in [6.45, 7) is 9.73. The van der Waals surface area contributed by atoms with Crippen molar-refractivity contribution in [3.05, 3.63) is 125 Å². The van der Waals surface area contributed by atoms with E-state index in [1.165, 1.54) is 95.0 Å². The molecule has 2 nitrogen and oxygen atoms in total. The SMILES string of the molecule is CC1(C)CCC(C)(C)c2cc(N(c3ccc4c(c3)C3(c5ccccc5O4)C4CC5CC(C4)CC3C5)c3cccc4ccccc34)ccc21. The Hall–Kier alpha value is -4.04. The standard InChI is InChI=1S/C46H47NO/c1-44(2)20-21-45(3,4)39-27-34(16-18-37(39)44)47(41-14-9-11-31-10-5-6-12-36(31)41)35-17-19-43-40(28-35)46(38-13-7-8-15-42(38)48-43)32-23-29-22-30(25-32)26-33(46)24-29/h5-19,27-30,32-33H,20-26H2,1-4H3. The largest absolute Gasteiger partial charge is 0.457 e. The molecule has 4 fully saturated rings. The number of para-hydroxylation sites is 1. The van der Waals surface area contributed by atoms with Gasteiger partial charge >= 0.3 is 0 Å². The van der Waals surface area contributed by atoms with Crippen LogP contribution in [0.15, 0.2) is 103 Å². The molecule has 5 aromatic carbocycles. The van der Waals surface area contributed by atoms with E-state index in [1.807, 2.05) is 0 Å². The molecule has 1 aliphatic heterocycles. The smallest absolute Gasteiger partial charge is 0.131 e. The molecule has 242 valence electrons. The molecule has 5 aliphatic carbocycles. The van der Waals surface area contributed by atoms with E-state index in [-0.39, 0.29) is 16.2 Å². The monoisotopic (exact) mass is 629 g/mol. The van der Waals surface area contributed by atoms with Gasteiger partial charge in [0.15, 0.2) is 0 Å². The van der Waals surface area contributed by atoms with E-state index in [0.717, 1.165) is 23.3 Å². The normalized spacial score (nSPS) is 28.4. The predicted octanol–water partition coefficient (Wildman–Crippen LogP) is 12.5. The van der Waals surface area contributed by atoms with Crippen molar-refractivity contribution in [2.24, 2.45) is 23.7 Å². The Balaban J connectivity index is 1.22. The van der Waals surface area contributed by atoms with Gasteiger partial charge in [-0.25, -0.2) is 0 Å². The van der Waals surface area contributed by atoms with E-state index >= 15 is 0 Å². The van der Waals surface area contributed by atoms with Gasteiger partial charge in [0.05, 0.1) is 5.69 Å². The van der Waals surface area contributed by atoms with Crippen molar-refractivity contribution in [1.82, 2.24) is 0 Å². The fourth-order valence-electron chi connectivity index (χ4n) is 11.6. The highest BCUT2D eigenvalue weighted by Crippen LogP contribution is 2.69. The third-order valence-corrected chi connectivity index (χ3v) is 13.7. The lowest BCUT2D eigenvalue weighted by atomic mass is 9.42. The second-order valence-electron chi connectivity index (χ2n) is 17.3. The molecule has 6 aliphatic rings. The van der Waals surface area contributed by atoms with Crippen molar-refractivity contribution < 1.29 is 4.74 Å². The first-order valence-corrected chi connectivity index (χ1v) is 18.6. The van der Waals surface area contributed by atoms with Crippen molar-refractivity contribution in [1.29, 1.82) is 0 Å². The molecule has 11 rings (SSSR count). The number of hydrogen-bond donors (Lipinski definition) is 0. The van der Waals surface area contributed by atoms with Crippen molar-refractivity contribution in [2.45, 2.75) is 88.9 Å². The number of fused-ring (bicyclic) bond motifs is 4. The average molecular weight is 630 g/mol. The summed E-state index contributed by atoms with van der Waals surface area (Å²) >= 11 is 0. The van der Waals surface area contributed by atoms with E-state index in [9.17, 15) is 0 Å². The average Bonchev–Trinajstić information content (AvgIpc) is 3.09. The second-order valence-corrected chi connectivity index (χ2v) is 17.3. The molecule has 2 heteroatoms. The minimum Gasteiger partial charge on any atom is -0.457 e. The predicted molar refractivity (Wildman–Crippen MR) is 198 cm³/mol. The highest BCUT2D eigenvalue weighted by atomic mass is 16.5. The molecule has 1 spiro atoms. The molecule has 0 N–H and O–H groups in total. The Morgan fingerprint density at radius 1 is 0.542 bits per heavy atom. The van der Waals surface area contributed by atoms with Crippen LogP contribution in [0.1, 0.15) is 94.9 Å². The Kier molecular flexibility index (Phi) is 6.03. The third-order valence-electron chi connectivity index (χ3n) is 13.7. The molecule has 0 saturated heterocycles. The summed E-state index contributed by atoms with van der Waals surface area (Å²) in [6.07, 6.45) is 9.29. The van der Waals surface area contributed by atoms with Gasteiger partial charge in [0.25, 0.3) is 0 Å². The number of nitrogens with zero attached hydrogens (tertiary/aromatic N) is 1. The Morgan fingerprint density at radius 3 is 1.92 bits per heavy atom. The number of benzene rings is 5. The first kappa shape index (κ1) is 28.9. The summed E-state index contributed by atoms with van der Waals surface area (Å²) in [7, 11) is 0. The molecule has 5 aromatic rings. The van der Waals surface area contributed by atoms with Crippen LogP contribution in [-0.4, -0.2) is 0 Å². The Morgan fingerprint density at radius 2 is 1.15 bits per heavy atom. The van der Waals surface area contributed by atoms with E-state index in [0.29, 0.717) is 11.8 Å². The molecule has 0 unspecified atom stereocenters. The fraction of sp³-hybridized carbons (Fsp3) is 0.391. The molecule has 0 aromatic heterocycles. The lowest BCUT2D eigenvalue weighted by Gasteiger charge is -2.63. The second kappa shape index (κ2) is 10.0. The maximum Gasteiger partial charge on any atom is 0.131 e. The molecule has 0 radical (unpaired) electrons. The zero-order valence-corrected chi connectivity index (χ0v) is 28.9. The van der Waals surface area contributed by atoms with Gasteiger partial charge in [-0.15, -0.1) is 0 Å². The van der Waals surface area contributed by atoms with Crippen LogP contribution in [0.5, 0.6) is 11.5 Å². The van der Waals surface area contributed by atoms with Gasteiger partial charge in [0, 0.05) is 33.3 Å². The third kappa shape index (κ3) is 3.98. The van der Waals surface area contributed by atoms with E-state index in [2.05, 4.69) is 136 Å². The molecule has 48 heavy (non-hydrogen) atoms. The summed E-state index contributed by atoms with van der Waals surface area (Å²) in [5.41, 5.74) is 9.89. The van der Waals surface area contributed by atoms with Crippen molar-refractivity contribution in [3.8, 4) is 11.5 Å². The summed E-state index contributed by atoms with van der Waals surface area (Å²) in [5.74, 6) is 5.29. The van der Waals surface area contributed by atoms with Crippen molar-refractivity contribution >= 4 is 27.8 Å². The number of anilines is 3. The minimum absolute atomic E-state index is 0.0138. The Labute approximate surface area is 286 Å². The summed E-state index contributed by atoms with van der Waals surface area (Å²) in [6, 6.07) is 39.3. The molecular formula is C46H47NO. The lowest BCUT2D eigenvalue weighted by molar-refractivity contribution is -0.0452. The van der Waals surface area contributed by atoms with E-state index < -0.39 is 0 Å². The van der Waals surface area contributed by atoms with Crippen molar-refractivity contribution in [2.75, 3.05) is 4.90 Å². The van der Waals surface area contributed by atoms with E-state index in [4.69, 9.17) is 4.74 Å². The summed E-state index contributed by atoms with van der Waals surface area (Å²) in [4.78, 5) is 2.56. The zero-order chi connectivity index (χ0) is 32.4. The van der Waals surface area contributed by atoms with Crippen LogP contribution in [-0.2, 0) is 16.2 Å². The molecule has 4 bridgehead atoms. The molecule has 4 saturated carbocycles. The van der Waals surface area contributed by atoms with Gasteiger partial charge in [-0.2, -0.15) is 0 Å².